The molecule has 0 unspecified atom stereocenters. The van der Waals surface area contributed by atoms with Gasteiger partial charge in [-0.15, -0.1) is 0 Å². The molecule has 92 valence electrons. The van der Waals surface area contributed by atoms with Gasteiger partial charge in [0.25, 0.3) is 0 Å². The summed E-state index contributed by atoms with van der Waals surface area (Å²) in [6, 6.07) is 1.92. The number of carbonyl (C=O) groups is 1. The van der Waals surface area contributed by atoms with E-state index >= 15 is 0 Å². The van der Waals surface area contributed by atoms with Gasteiger partial charge in [0.05, 0.1) is 17.4 Å². The molecule has 1 fully saturated rings. The van der Waals surface area contributed by atoms with Crippen LogP contribution in [-0.2, 0) is 0 Å². The normalized spacial score (nSPS) is 16.4. The summed E-state index contributed by atoms with van der Waals surface area (Å²) >= 11 is 3.34. The molecule has 1 heterocycles. The van der Waals surface area contributed by atoms with E-state index in [1.807, 2.05) is 6.07 Å². The first-order valence-electron chi connectivity index (χ1n) is 5.35. The number of amides is 1. The minimum atomic E-state index is -0.878. The highest BCUT2D eigenvalue weighted by Crippen LogP contribution is 2.41. The lowest BCUT2D eigenvalue weighted by Gasteiger charge is -2.26. The molecule has 1 saturated carbocycles. The molecule has 0 aromatic carbocycles. The molecule has 0 saturated heterocycles. The predicted molar refractivity (Wildman–Crippen MR) is 68.2 cm³/mol. The van der Waals surface area contributed by atoms with Crippen LogP contribution in [0.2, 0.25) is 0 Å². The Morgan fingerprint density at radius 2 is 2.35 bits per heavy atom. The van der Waals surface area contributed by atoms with Crippen molar-refractivity contribution < 1.29 is 9.90 Å². The molecule has 1 aromatic rings. The van der Waals surface area contributed by atoms with Crippen LogP contribution in [0.1, 0.15) is 12.8 Å². The first kappa shape index (κ1) is 12.2. The summed E-state index contributed by atoms with van der Waals surface area (Å²) in [7, 11) is 1.62. The van der Waals surface area contributed by atoms with Crippen LogP contribution in [0.5, 0.6) is 0 Å². The Hall–Kier alpha value is -1.30. The number of likely N-dealkylation sites (N-methyl/N-ethyl adjacent to an activating group) is 1. The van der Waals surface area contributed by atoms with Crippen LogP contribution >= 0.6 is 15.9 Å². The first-order valence-corrected chi connectivity index (χ1v) is 6.14. The molecule has 0 bridgehead atoms. The second kappa shape index (κ2) is 4.52. The van der Waals surface area contributed by atoms with Crippen LogP contribution in [0.3, 0.4) is 0 Å². The maximum Gasteiger partial charge on any atom is 0.407 e. The summed E-state index contributed by atoms with van der Waals surface area (Å²) < 4.78 is 0.902. The van der Waals surface area contributed by atoms with E-state index < -0.39 is 6.09 Å². The van der Waals surface area contributed by atoms with Gasteiger partial charge in [-0.1, -0.05) is 0 Å². The van der Waals surface area contributed by atoms with Crippen molar-refractivity contribution in [1.29, 1.82) is 0 Å². The largest absolute Gasteiger partial charge is 0.465 e. The Morgan fingerprint density at radius 1 is 1.65 bits per heavy atom. The third-order valence-electron chi connectivity index (χ3n) is 3.15. The molecule has 1 aliphatic rings. The molecule has 17 heavy (non-hydrogen) atoms. The van der Waals surface area contributed by atoms with Crippen LogP contribution < -0.4 is 5.32 Å². The van der Waals surface area contributed by atoms with Gasteiger partial charge in [0.1, 0.15) is 0 Å². The molecule has 1 amide bonds. The third kappa shape index (κ3) is 2.69. The highest BCUT2D eigenvalue weighted by molar-refractivity contribution is 9.10. The fourth-order valence-corrected chi connectivity index (χ4v) is 2.12. The van der Waals surface area contributed by atoms with Crippen molar-refractivity contribution in [3.8, 4) is 0 Å². The number of hydrogen-bond acceptors (Lipinski definition) is 3. The van der Waals surface area contributed by atoms with E-state index in [0.29, 0.717) is 6.54 Å². The number of pyridine rings is 1. The highest BCUT2D eigenvalue weighted by atomic mass is 79.9. The average molecular weight is 300 g/mol. The maximum atomic E-state index is 10.9. The van der Waals surface area contributed by atoms with Crippen LogP contribution in [-0.4, -0.2) is 40.2 Å². The summed E-state index contributed by atoms with van der Waals surface area (Å²) in [5.74, 6) is 0. The van der Waals surface area contributed by atoms with Crippen LogP contribution in [0.25, 0.3) is 0 Å². The van der Waals surface area contributed by atoms with E-state index in [1.54, 1.807) is 19.4 Å². The van der Waals surface area contributed by atoms with Gasteiger partial charge in [0.2, 0.25) is 0 Å². The van der Waals surface area contributed by atoms with Crippen molar-refractivity contribution in [3.05, 3.63) is 22.9 Å². The molecule has 0 aliphatic heterocycles. The lowest BCUT2D eigenvalue weighted by Crippen LogP contribution is -2.42. The van der Waals surface area contributed by atoms with Crippen molar-refractivity contribution in [1.82, 2.24) is 9.88 Å². The van der Waals surface area contributed by atoms with Gasteiger partial charge in [0.15, 0.2) is 0 Å². The molecule has 2 N–H and O–H groups in total. The van der Waals surface area contributed by atoms with Gasteiger partial charge in [-0.05, 0) is 34.8 Å². The molecule has 1 aliphatic carbocycles. The van der Waals surface area contributed by atoms with E-state index in [-0.39, 0.29) is 5.54 Å². The molecule has 6 heteroatoms. The number of carboxylic acid groups (broad SMARTS) is 1. The predicted octanol–water partition coefficient (Wildman–Crippen LogP) is 2.40. The number of anilines is 1. The molecule has 0 spiro atoms. The number of nitrogens with one attached hydrogen (secondary N) is 1. The Morgan fingerprint density at radius 3 is 2.88 bits per heavy atom. The standard InChI is InChI=1S/C11H14BrN3O2/c1-15(10(16)17)11(2-3-11)7-14-9-4-8(12)5-13-6-9/h4-6,14H,2-3,7H2,1H3,(H,16,17). The van der Waals surface area contributed by atoms with Gasteiger partial charge in [0, 0.05) is 24.3 Å². The maximum absolute atomic E-state index is 10.9. The van der Waals surface area contributed by atoms with Gasteiger partial charge < -0.3 is 15.3 Å². The van der Waals surface area contributed by atoms with Gasteiger partial charge >= 0.3 is 6.09 Å². The molecule has 2 rings (SSSR count). The van der Waals surface area contributed by atoms with Crippen molar-refractivity contribution >= 4 is 27.7 Å². The smallest absolute Gasteiger partial charge is 0.407 e. The summed E-state index contributed by atoms with van der Waals surface area (Å²) in [5.41, 5.74) is 0.651. The third-order valence-corrected chi connectivity index (χ3v) is 3.59. The van der Waals surface area contributed by atoms with E-state index in [9.17, 15) is 4.79 Å². The Balaban J connectivity index is 1.97. The highest BCUT2D eigenvalue weighted by Gasteiger charge is 2.48. The molecular weight excluding hydrogens is 286 g/mol. The molecule has 5 nitrogen and oxygen atoms in total. The topological polar surface area (TPSA) is 65.5 Å². The van der Waals surface area contributed by atoms with Crippen LogP contribution in [0.15, 0.2) is 22.9 Å². The SMILES string of the molecule is CN(C(=O)O)C1(CNc2cncc(Br)c2)CC1. The zero-order valence-electron chi connectivity index (χ0n) is 9.48. The summed E-state index contributed by atoms with van der Waals surface area (Å²) in [6.45, 7) is 0.619. The second-order valence-corrected chi connectivity index (χ2v) is 5.23. The zero-order valence-corrected chi connectivity index (χ0v) is 11.1. The lowest BCUT2D eigenvalue weighted by molar-refractivity contribution is 0.135. The number of nitrogens with zero attached hydrogens (tertiary/aromatic N) is 2. The second-order valence-electron chi connectivity index (χ2n) is 4.31. The van der Waals surface area contributed by atoms with Crippen molar-refractivity contribution in [2.75, 3.05) is 18.9 Å². The quantitative estimate of drug-likeness (QED) is 0.896. The summed E-state index contributed by atoms with van der Waals surface area (Å²) in [6.07, 6.45) is 4.37. The minimum Gasteiger partial charge on any atom is -0.465 e. The lowest BCUT2D eigenvalue weighted by atomic mass is 10.2. The van der Waals surface area contributed by atoms with Crippen LogP contribution in [0.4, 0.5) is 10.5 Å². The Labute approximate surface area is 108 Å². The monoisotopic (exact) mass is 299 g/mol. The first-order chi connectivity index (χ1) is 8.03. The molecular formula is C11H14BrN3O2. The van der Waals surface area contributed by atoms with Crippen molar-refractivity contribution in [2.24, 2.45) is 0 Å². The number of halogens is 1. The van der Waals surface area contributed by atoms with Crippen molar-refractivity contribution in [2.45, 2.75) is 18.4 Å². The zero-order chi connectivity index (χ0) is 12.5. The van der Waals surface area contributed by atoms with E-state index in [4.69, 9.17) is 5.11 Å². The van der Waals surface area contributed by atoms with E-state index in [2.05, 4.69) is 26.2 Å². The van der Waals surface area contributed by atoms with Crippen LogP contribution in [0, 0.1) is 0 Å². The summed E-state index contributed by atoms with van der Waals surface area (Å²) in [5, 5.41) is 12.2. The minimum absolute atomic E-state index is 0.242. The molecule has 0 radical (unpaired) electrons. The fourth-order valence-electron chi connectivity index (χ4n) is 1.75. The molecule has 0 atom stereocenters. The van der Waals surface area contributed by atoms with Gasteiger partial charge in [-0.25, -0.2) is 4.79 Å². The number of aromatic nitrogens is 1. The van der Waals surface area contributed by atoms with E-state index in [1.165, 1.54) is 4.90 Å². The Kier molecular flexibility index (Phi) is 3.24. The Bertz CT molecular complexity index is 434. The van der Waals surface area contributed by atoms with E-state index in [0.717, 1.165) is 23.0 Å². The number of rotatable bonds is 4. The average Bonchev–Trinajstić information content (AvgIpc) is 3.06. The van der Waals surface area contributed by atoms with Gasteiger partial charge in [-0.2, -0.15) is 0 Å². The van der Waals surface area contributed by atoms with Gasteiger partial charge in [-0.3, -0.25) is 4.98 Å². The number of hydrogen-bond donors (Lipinski definition) is 2. The fraction of sp³-hybridized carbons (Fsp3) is 0.455. The molecule has 1 aromatic heterocycles. The summed E-state index contributed by atoms with van der Waals surface area (Å²) in [4.78, 5) is 16.4. The van der Waals surface area contributed by atoms with Crippen molar-refractivity contribution in [3.63, 3.8) is 0 Å².